The molecule has 0 bridgehead atoms. The highest BCUT2D eigenvalue weighted by atomic mass is 32.2. The first-order chi connectivity index (χ1) is 12.8. The van der Waals surface area contributed by atoms with Crippen molar-refractivity contribution < 1.29 is 17.9 Å². The first-order valence-electron chi connectivity index (χ1n) is 8.06. The zero-order valence-corrected chi connectivity index (χ0v) is 14.8. The predicted octanol–water partition coefficient (Wildman–Crippen LogP) is 4.20. The molecule has 4 nitrogen and oxygen atoms in total. The smallest absolute Gasteiger partial charge is 0.406 e. The fraction of sp³-hybridized carbons (Fsp3) is 0.211. The largest absolute Gasteiger partial charge is 0.573 e. The van der Waals surface area contributed by atoms with Crippen molar-refractivity contribution in [1.82, 2.24) is 5.32 Å². The SMILES string of the molecule is N#Cc1ccc(CC(C2=CSC(N)N2)c2ccc(OC(F)(F)F)cc2)cc1. The molecule has 2 unspecified atom stereocenters. The van der Waals surface area contributed by atoms with Gasteiger partial charge in [0.05, 0.1) is 11.6 Å². The van der Waals surface area contributed by atoms with Crippen molar-refractivity contribution in [3.63, 3.8) is 0 Å². The lowest BCUT2D eigenvalue weighted by Gasteiger charge is -2.21. The summed E-state index contributed by atoms with van der Waals surface area (Å²) in [7, 11) is 0. The van der Waals surface area contributed by atoms with Crippen LogP contribution in [0.15, 0.2) is 59.6 Å². The molecule has 140 valence electrons. The summed E-state index contributed by atoms with van der Waals surface area (Å²) < 4.78 is 41.0. The molecule has 2 aromatic carbocycles. The van der Waals surface area contributed by atoms with Crippen LogP contribution < -0.4 is 15.8 Å². The molecule has 1 heterocycles. The zero-order chi connectivity index (χ0) is 19.4. The van der Waals surface area contributed by atoms with Crippen LogP contribution in [0.1, 0.15) is 22.6 Å². The Hall–Kier alpha value is -2.63. The molecule has 2 aromatic rings. The lowest BCUT2D eigenvalue weighted by atomic mass is 9.89. The van der Waals surface area contributed by atoms with Crippen molar-refractivity contribution in [1.29, 1.82) is 5.26 Å². The van der Waals surface area contributed by atoms with Crippen molar-refractivity contribution in [3.05, 3.63) is 76.3 Å². The van der Waals surface area contributed by atoms with E-state index in [4.69, 9.17) is 11.0 Å². The summed E-state index contributed by atoms with van der Waals surface area (Å²) in [5.41, 5.74) is 8.94. The average molecular weight is 391 g/mol. The highest BCUT2D eigenvalue weighted by Crippen LogP contribution is 2.34. The quantitative estimate of drug-likeness (QED) is 0.799. The lowest BCUT2D eigenvalue weighted by Crippen LogP contribution is -2.31. The number of alkyl halides is 3. The Bertz CT molecular complexity index is 858. The number of nitrogens with zero attached hydrogens (tertiary/aromatic N) is 1. The number of nitrogens with one attached hydrogen (secondary N) is 1. The van der Waals surface area contributed by atoms with E-state index in [1.807, 2.05) is 17.5 Å². The number of nitrogens with two attached hydrogens (primary N) is 1. The normalized spacial score (nSPS) is 17.6. The van der Waals surface area contributed by atoms with Crippen LogP contribution in [0.5, 0.6) is 5.75 Å². The fourth-order valence-corrected chi connectivity index (χ4v) is 3.55. The van der Waals surface area contributed by atoms with Crippen LogP contribution in [0, 0.1) is 11.3 Å². The molecule has 0 radical (unpaired) electrons. The van der Waals surface area contributed by atoms with Gasteiger partial charge in [-0.3, -0.25) is 0 Å². The van der Waals surface area contributed by atoms with Gasteiger partial charge in [0.2, 0.25) is 0 Å². The van der Waals surface area contributed by atoms with Crippen LogP contribution in [0.3, 0.4) is 0 Å². The Kier molecular flexibility index (Phi) is 5.63. The maximum Gasteiger partial charge on any atom is 0.573 e. The third-order valence-electron chi connectivity index (χ3n) is 4.06. The molecule has 0 aromatic heterocycles. The molecule has 3 N–H and O–H groups in total. The molecule has 1 aliphatic heterocycles. The molecule has 0 fully saturated rings. The van der Waals surface area contributed by atoms with Gasteiger partial charge in [0, 0.05) is 11.6 Å². The maximum absolute atomic E-state index is 12.4. The van der Waals surface area contributed by atoms with Crippen LogP contribution in [0.4, 0.5) is 13.2 Å². The van der Waals surface area contributed by atoms with Gasteiger partial charge < -0.3 is 15.8 Å². The lowest BCUT2D eigenvalue weighted by molar-refractivity contribution is -0.274. The summed E-state index contributed by atoms with van der Waals surface area (Å²) in [6.45, 7) is 0. The number of allylic oxidation sites excluding steroid dienone is 1. The summed E-state index contributed by atoms with van der Waals surface area (Å²) in [5, 5.41) is 14.0. The highest BCUT2D eigenvalue weighted by Gasteiger charge is 2.31. The number of halogens is 3. The minimum atomic E-state index is -4.72. The molecule has 27 heavy (non-hydrogen) atoms. The van der Waals surface area contributed by atoms with Crippen LogP contribution in [0.2, 0.25) is 0 Å². The molecule has 0 amide bonds. The predicted molar refractivity (Wildman–Crippen MR) is 97.5 cm³/mol. The van der Waals surface area contributed by atoms with Gasteiger partial charge in [-0.2, -0.15) is 5.26 Å². The topological polar surface area (TPSA) is 71.1 Å². The average Bonchev–Trinajstić information content (AvgIpc) is 3.06. The molecule has 0 spiro atoms. The van der Waals surface area contributed by atoms with E-state index in [0.29, 0.717) is 12.0 Å². The van der Waals surface area contributed by atoms with E-state index in [1.54, 1.807) is 24.3 Å². The van der Waals surface area contributed by atoms with E-state index in [1.165, 1.54) is 23.9 Å². The number of thioether (sulfide) groups is 1. The minimum absolute atomic E-state index is 0.112. The Labute approximate surface area is 158 Å². The monoisotopic (exact) mass is 391 g/mol. The van der Waals surface area contributed by atoms with E-state index in [0.717, 1.165) is 16.8 Å². The van der Waals surface area contributed by atoms with Gasteiger partial charge in [0.25, 0.3) is 0 Å². The molecule has 0 saturated heterocycles. The minimum Gasteiger partial charge on any atom is -0.406 e. The first kappa shape index (κ1) is 19.1. The second-order valence-corrected chi connectivity index (χ2v) is 6.97. The van der Waals surface area contributed by atoms with E-state index in [9.17, 15) is 13.2 Å². The molecule has 2 atom stereocenters. The molecule has 3 rings (SSSR count). The van der Waals surface area contributed by atoms with Crippen molar-refractivity contribution in [3.8, 4) is 11.8 Å². The standard InChI is InChI=1S/C19H16F3N3OS/c20-19(21,22)26-15-7-5-14(6-8-15)16(17-11-27-18(24)25-17)9-12-1-3-13(10-23)4-2-12/h1-8,11,16,18,25H,9,24H2. The van der Waals surface area contributed by atoms with Crippen LogP contribution in [-0.4, -0.2) is 11.9 Å². The zero-order valence-electron chi connectivity index (χ0n) is 14.0. The Balaban J connectivity index is 1.84. The Morgan fingerprint density at radius 3 is 2.33 bits per heavy atom. The van der Waals surface area contributed by atoms with Gasteiger partial charge >= 0.3 is 6.36 Å². The van der Waals surface area contributed by atoms with Gasteiger partial charge in [-0.05, 0) is 47.2 Å². The van der Waals surface area contributed by atoms with Gasteiger partial charge in [0.1, 0.15) is 11.2 Å². The molecular weight excluding hydrogens is 375 g/mol. The second-order valence-electron chi connectivity index (χ2n) is 5.96. The van der Waals surface area contributed by atoms with Gasteiger partial charge in [-0.25, -0.2) is 0 Å². The van der Waals surface area contributed by atoms with E-state index >= 15 is 0 Å². The van der Waals surface area contributed by atoms with Crippen LogP contribution in [0.25, 0.3) is 0 Å². The molecular formula is C19H16F3N3OS. The molecule has 0 aliphatic carbocycles. The maximum atomic E-state index is 12.4. The Morgan fingerprint density at radius 1 is 1.15 bits per heavy atom. The number of rotatable bonds is 5. The third kappa shape index (κ3) is 5.18. The van der Waals surface area contributed by atoms with Gasteiger partial charge in [-0.1, -0.05) is 36.0 Å². The number of nitriles is 1. The summed E-state index contributed by atoms with van der Waals surface area (Å²) in [5.74, 6) is -0.373. The van der Waals surface area contributed by atoms with E-state index < -0.39 is 6.36 Å². The van der Waals surface area contributed by atoms with Crippen LogP contribution in [-0.2, 0) is 6.42 Å². The van der Waals surface area contributed by atoms with Gasteiger partial charge in [-0.15, -0.1) is 13.2 Å². The first-order valence-corrected chi connectivity index (χ1v) is 9.01. The van der Waals surface area contributed by atoms with Gasteiger partial charge in [0.15, 0.2) is 0 Å². The highest BCUT2D eigenvalue weighted by molar-refractivity contribution is 8.02. The summed E-state index contributed by atoms with van der Waals surface area (Å²) in [4.78, 5) is 0. The molecule has 8 heteroatoms. The third-order valence-corrected chi connectivity index (χ3v) is 4.87. The number of benzene rings is 2. The number of hydrogen-bond donors (Lipinski definition) is 2. The van der Waals surface area contributed by atoms with Crippen molar-refractivity contribution >= 4 is 11.8 Å². The summed E-state index contributed by atoms with van der Waals surface area (Å²) in [6, 6.07) is 15.1. The van der Waals surface area contributed by atoms with Crippen molar-refractivity contribution in [2.24, 2.45) is 5.73 Å². The number of ether oxygens (including phenoxy) is 1. The van der Waals surface area contributed by atoms with Crippen molar-refractivity contribution in [2.45, 2.75) is 24.2 Å². The fourth-order valence-electron chi connectivity index (χ4n) is 2.82. The van der Waals surface area contributed by atoms with E-state index in [-0.39, 0.29) is 17.2 Å². The van der Waals surface area contributed by atoms with Crippen LogP contribution >= 0.6 is 11.8 Å². The number of hydrogen-bond acceptors (Lipinski definition) is 5. The van der Waals surface area contributed by atoms with E-state index in [2.05, 4.69) is 16.1 Å². The van der Waals surface area contributed by atoms with Crippen molar-refractivity contribution in [2.75, 3.05) is 0 Å². The second kappa shape index (κ2) is 7.94. The molecule has 1 aliphatic rings. The summed E-state index contributed by atoms with van der Waals surface area (Å²) in [6.07, 6.45) is -4.11. The molecule has 0 saturated carbocycles. The summed E-state index contributed by atoms with van der Waals surface area (Å²) >= 11 is 1.44. The Morgan fingerprint density at radius 2 is 1.81 bits per heavy atom.